The SMILES string of the molecule is COc1nc2ccc(C(O)(c3ccc(C)nc3C)c3cncn3C)cc2c(Cl)c1Cc1ccc(C(F)(F)F)cc1. The molecule has 3 heterocycles. The van der Waals surface area contributed by atoms with Crippen LogP contribution in [0.4, 0.5) is 13.2 Å². The Hall–Kier alpha value is -3.95. The van der Waals surface area contributed by atoms with Gasteiger partial charge in [-0.05, 0) is 55.3 Å². The molecule has 5 aromatic rings. The van der Waals surface area contributed by atoms with Crippen LogP contribution in [0.25, 0.3) is 10.9 Å². The van der Waals surface area contributed by atoms with E-state index in [2.05, 4.69) is 15.0 Å². The van der Waals surface area contributed by atoms with Crippen LogP contribution >= 0.6 is 11.6 Å². The maximum absolute atomic E-state index is 13.1. The second kappa shape index (κ2) is 10.2. The predicted octanol–water partition coefficient (Wildman–Crippen LogP) is 6.54. The fraction of sp³-hybridized carbons (Fsp3) is 0.233. The summed E-state index contributed by atoms with van der Waals surface area (Å²) >= 11 is 6.94. The van der Waals surface area contributed by atoms with E-state index in [0.717, 1.165) is 17.8 Å². The van der Waals surface area contributed by atoms with Gasteiger partial charge in [-0.1, -0.05) is 35.9 Å². The van der Waals surface area contributed by atoms with Crippen LogP contribution in [0.1, 0.15) is 44.9 Å². The molecule has 206 valence electrons. The van der Waals surface area contributed by atoms with Gasteiger partial charge in [-0.25, -0.2) is 9.97 Å². The lowest BCUT2D eigenvalue weighted by Crippen LogP contribution is -2.32. The van der Waals surface area contributed by atoms with Crippen LogP contribution < -0.4 is 4.74 Å². The normalized spacial score (nSPS) is 13.4. The van der Waals surface area contributed by atoms with Crippen LogP contribution in [-0.2, 0) is 25.2 Å². The highest BCUT2D eigenvalue weighted by Crippen LogP contribution is 2.41. The van der Waals surface area contributed by atoms with Crippen molar-refractivity contribution in [3.8, 4) is 5.88 Å². The summed E-state index contributed by atoms with van der Waals surface area (Å²) in [5.41, 5.74) is 2.42. The quantitative estimate of drug-likeness (QED) is 0.253. The number of fused-ring (bicyclic) bond motifs is 1. The number of aromatic nitrogens is 4. The topological polar surface area (TPSA) is 73.1 Å². The van der Waals surface area contributed by atoms with E-state index in [9.17, 15) is 18.3 Å². The minimum absolute atomic E-state index is 0.195. The second-order valence-electron chi connectivity index (χ2n) is 9.70. The van der Waals surface area contributed by atoms with Gasteiger partial charge in [0.25, 0.3) is 0 Å². The summed E-state index contributed by atoms with van der Waals surface area (Å²) in [6.07, 6.45) is -1.02. The predicted molar refractivity (Wildman–Crippen MR) is 147 cm³/mol. The smallest absolute Gasteiger partial charge is 0.416 e. The molecule has 40 heavy (non-hydrogen) atoms. The van der Waals surface area contributed by atoms with E-state index in [1.165, 1.54) is 19.2 Å². The molecule has 5 rings (SSSR count). The molecule has 0 fully saturated rings. The summed E-state index contributed by atoms with van der Waals surface area (Å²) in [5, 5.41) is 13.3. The number of alkyl halides is 3. The Labute approximate surface area is 234 Å². The van der Waals surface area contributed by atoms with Crippen LogP contribution in [0.2, 0.25) is 5.02 Å². The third kappa shape index (κ3) is 4.80. The number of aryl methyl sites for hydroxylation is 3. The number of hydrogen-bond donors (Lipinski definition) is 1. The van der Waals surface area contributed by atoms with Crippen molar-refractivity contribution in [3.05, 3.63) is 117 Å². The number of halogens is 4. The first-order chi connectivity index (χ1) is 18.9. The van der Waals surface area contributed by atoms with Gasteiger partial charge in [-0.2, -0.15) is 13.2 Å². The number of pyridine rings is 2. The number of aliphatic hydroxyl groups is 1. The highest BCUT2D eigenvalue weighted by Gasteiger charge is 2.38. The molecule has 1 atom stereocenters. The molecule has 0 amide bonds. The number of ether oxygens (including phenoxy) is 1. The molecule has 0 aliphatic carbocycles. The minimum Gasteiger partial charge on any atom is -0.481 e. The Morgan fingerprint density at radius 2 is 1.68 bits per heavy atom. The standard InChI is InChI=1S/C30H26ClF3N4O2/c1-17-5-11-24(18(2)36-17)29(39,26-15-35-16-38(26)3)21-10-12-25-22(14-21)27(31)23(28(37-25)40-4)13-19-6-8-20(9-7-19)30(32,33)34/h5-12,14-16,39H,13H2,1-4H3. The Morgan fingerprint density at radius 1 is 0.975 bits per heavy atom. The van der Waals surface area contributed by atoms with Gasteiger partial charge in [0.2, 0.25) is 5.88 Å². The molecule has 0 aliphatic rings. The number of hydrogen-bond acceptors (Lipinski definition) is 5. The number of nitrogens with zero attached hydrogens (tertiary/aromatic N) is 4. The molecule has 10 heteroatoms. The van der Waals surface area contributed by atoms with Gasteiger partial charge in [-0.15, -0.1) is 0 Å². The largest absolute Gasteiger partial charge is 0.481 e. The molecule has 2 aromatic carbocycles. The molecular formula is C30H26ClF3N4O2. The van der Waals surface area contributed by atoms with Crippen LogP contribution in [0.5, 0.6) is 5.88 Å². The van der Waals surface area contributed by atoms with Crippen LogP contribution in [-0.4, -0.2) is 31.7 Å². The highest BCUT2D eigenvalue weighted by molar-refractivity contribution is 6.36. The van der Waals surface area contributed by atoms with Crippen LogP contribution in [0.3, 0.4) is 0 Å². The zero-order valence-electron chi connectivity index (χ0n) is 22.2. The van der Waals surface area contributed by atoms with E-state index in [4.69, 9.17) is 16.3 Å². The average molecular weight is 567 g/mol. The van der Waals surface area contributed by atoms with Gasteiger partial charge in [0.05, 0.1) is 41.4 Å². The first kappa shape index (κ1) is 27.6. The Bertz CT molecular complexity index is 1720. The van der Waals surface area contributed by atoms with Crippen LogP contribution in [0, 0.1) is 13.8 Å². The average Bonchev–Trinajstić information content (AvgIpc) is 3.35. The summed E-state index contributed by atoms with van der Waals surface area (Å²) in [6, 6.07) is 13.9. The van der Waals surface area contributed by atoms with Gasteiger partial charge in [0.15, 0.2) is 5.60 Å². The number of benzene rings is 2. The van der Waals surface area contributed by atoms with Crippen molar-refractivity contribution in [1.82, 2.24) is 19.5 Å². The van der Waals surface area contributed by atoms with Crippen molar-refractivity contribution in [1.29, 1.82) is 0 Å². The van der Waals surface area contributed by atoms with Crippen molar-refractivity contribution >= 4 is 22.5 Å². The Morgan fingerprint density at radius 3 is 2.27 bits per heavy atom. The van der Waals surface area contributed by atoms with Gasteiger partial charge in [0.1, 0.15) is 0 Å². The summed E-state index contributed by atoms with van der Waals surface area (Å²) in [6.45, 7) is 3.72. The number of imidazole rings is 1. The van der Waals surface area contributed by atoms with E-state index in [1.807, 2.05) is 26.0 Å². The van der Waals surface area contributed by atoms with Gasteiger partial charge in [-0.3, -0.25) is 4.98 Å². The van der Waals surface area contributed by atoms with E-state index < -0.39 is 17.3 Å². The minimum atomic E-state index is -4.43. The molecule has 0 radical (unpaired) electrons. The zero-order chi connectivity index (χ0) is 28.8. The Balaban J connectivity index is 1.68. The molecule has 6 nitrogen and oxygen atoms in total. The molecule has 1 unspecified atom stereocenters. The monoisotopic (exact) mass is 566 g/mol. The highest BCUT2D eigenvalue weighted by atomic mass is 35.5. The van der Waals surface area contributed by atoms with Gasteiger partial charge >= 0.3 is 6.18 Å². The van der Waals surface area contributed by atoms with Crippen LogP contribution in [0.15, 0.2) is 67.1 Å². The molecule has 0 spiro atoms. The zero-order valence-corrected chi connectivity index (χ0v) is 23.0. The van der Waals surface area contributed by atoms with E-state index in [-0.39, 0.29) is 12.3 Å². The lowest BCUT2D eigenvalue weighted by atomic mass is 9.82. The van der Waals surface area contributed by atoms with Crippen molar-refractivity contribution < 1.29 is 23.0 Å². The molecule has 0 saturated carbocycles. The maximum Gasteiger partial charge on any atom is 0.416 e. The summed E-state index contributed by atoms with van der Waals surface area (Å²) < 4.78 is 46.4. The molecule has 0 aliphatic heterocycles. The molecule has 3 aromatic heterocycles. The fourth-order valence-electron chi connectivity index (χ4n) is 5.02. The summed E-state index contributed by atoms with van der Waals surface area (Å²) in [4.78, 5) is 13.4. The first-order valence-corrected chi connectivity index (χ1v) is 12.8. The van der Waals surface area contributed by atoms with Gasteiger partial charge in [0, 0.05) is 41.4 Å². The lowest BCUT2D eigenvalue weighted by Gasteiger charge is -2.31. The number of rotatable bonds is 6. The summed E-state index contributed by atoms with van der Waals surface area (Å²) in [7, 11) is 3.26. The fourth-order valence-corrected chi connectivity index (χ4v) is 5.32. The van der Waals surface area contributed by atoms with Crippen molar-refractivity contribution in [2.45, 2.75) is 32.0 Å². The van der Waals surface area contributed by atoms with Crippen molar-refractivity contribution in [2.24, 2.45) is 7.05 Å². The van der Waals surface area contributed by atoms with Crippen molar-refractivity contribution in [3.63, 3.8) is 0 Å². The second-order valence-corrected chi connectivity index (χ2v) is 10.1. The first-order valence-electron chi connectivity index (χ1n) is 12.4. The Kier molecular flexibility index (Phi) is 7.06. The number of methoxy groups -OCH3 is 1. The van der Waals surface area contributed by atoms with Crippen molar-refractivity contribution in [2.75, 3.05) is 7.11 Å². The summed E-state index contributed by atoms with van der Waals surface area (Å²) in [5.74, 6) is 0.269. The van der Waals surface area contributed by atoms with E-state index >= 15 is 0 Å². The maximum atomic E-state index is 13.1. The molecule has 0 saturated heterocycles. The lowest BCUT2D eigenvalue weighted by molar-refractivity contribution is -0.137. The molecule has 1 N–H and O–H groups in total. The third-order valence-corrected chi connectivity index (χ3v) is 7.49. The van der Waals surface area contributed by atoms with E-state index in [0.29, 0.717) is 49.6 Å². The third-order valence-electron chi connectivity index (χ3n) is 7.05. The van der Waals surface area contributed by atoms with Gasteiger partial charge < -0.3 is 14.4 Å². The molecule has 0 bridgehead atoms. The van der Waals surface area contributed by atoms with E-state index in [1.54, 1.807) is 42.3 Å². The molecular weight excluding hydrogens is 541 g/mol.